The smallest absolute Gasteiger partial charge is 0.355 e. The summed E-state index contributed by atoms with van der Waals surface area (Å²) < 4.78 is 7.00. The monoisotopic (exact) mass is 392 g/mol. The van der Waals surface area contributed by atoms with Gasteiger partial charge in [0.2, 0.25) is 5.91 Å². The first-order chi connectivity index (χ1) is 13.1. The highest BCUT2D eigenvalue weighted by atomic mass is 16.5. The number of Topliss-reactive ketones (excluding diaryl/α,β-unsaturated/α-hetero) is 1. The van der Waals surface area contributed by atoms with Crippen LogP contribution < -0.4 is 0 Å². The number of amides is 1. The van der Waals surface area contributed by atoms with Crippen LogP contribution in [0.15, 0.2) is 0 Å². The van der Waals surface area contributed by atoms with Gasteiger partial charge in [-0.3, -0.25) is 9.59 Å². The second-order valence-corrected chi connectivity index (χ2v) is 7.92. The van der Waals surface area contributed by atoms with E-state index < -0.39 is 5.97 Å². The fourth-order valence-electron chi connectivity index (χ4n) is 3.46. The molecule has 0 N–H and O–H groups in total. The zero-order chi connectivity index (χ0) is 21.6. The fraction of sp³-hybridized carbons (Fsp3) is 0.682. The molecule has 0 saturated carbocycles. The molecule has 1 aromatic heterocycles. The Labute approximate surface area is 169 Å². The van der Waals surface area contributed by atoms with Gasteiger partial charge < -0.3 is 14.2 Å². The fourth-order valence-corrected chi connectivity index (χ4v) is 3.46. The van der Waals surface area contributed by atoms with E-state index in [4.69, 9.17) is 4.74 Å². The first kappa shape index (κ1) is 23.9. The zero-order valence-electron chi connectivity index (χ0n) is 18.7. The predicted octanol–water partition coefficient (Wildman–Crippen LogP) is 4.01. The van der Waals surface area contributed by atoms with Gasteiger partial charge in [0, 0.05) is 30.3 Å². The Morgan fingerprint density at radius 2 is 1.68 bits per heavy atom. The lowest BCUT2D eigenvalue weighted by atomic mass is 10.0. The third kappa shape index (κ3) is 5.46. The van der Waals surface area contributed by atoms with E-state index in [1.54, 1.807) is 18.7 Å². The molecule has 0 aliphatic carbocycles. The normalized spacial score (nSPS) is 11.2. The average Bonchev–Trinajstić information content (AvgIpc) is 2.87. The van der Waals surface area contributed by atoms with Gasteiger partial charge in [-0.15, -0.1) is 0 Å². The zero-order valence-corrected chi connectivity index (χ0v) is 18.7. The van der Waals surface area contributed by atoms with Gasteiger partial charge >= 0.3 is 5.97 Å². The van der Waals surface area contributed by atoms with E-state index in [1.807, 2.05) is 32.3 Å². The Balaban J connectivity index is 3.25. The maximum Gasteiger partial charge on any atom is 0.355 e. The third-order valence-electron chi connectivity index (χ3n) is 4.95. The summed E-state index contributed by atoms with van der Waals surface area (Å²) in [4.78, 5) is 39.8. The molecule has 0 radical (unpaired) electrons. The molecule has 1 aromatic rings. The summed E-state index contributed by atoms with van der Waals surface area (Å²) in [5.41, 5.74) is 2.32. The van der Waals surface area contributed by atoms with Crippen LogP contribution in [-0.4, -0.2) is 46.8 Å². The summed E-state index contributed by atoms with van der Waals surface area (Å²) in [6.45, 7) is 16.6. The number of carbonyl (C=O) groups excluding carboxylic acids is 3. The van der Waals surface area contributed by atoms with Gasteiger partial charge in [0.05, 0.1) is 13.2 Å². The molecule has 0 fully saturated rings. The molecule has 1 amide bonds. The molecule has 1 rings (SSSR count). The van der Waals surface area contributed by atoms with Crippen molar-refractivity contribution in [3.8, 4) is 0 Å². The van der Waals surface area contributed by atoms with Gasteiger partial charge in [-0.1, -0.05) is 27.7 Å². The number of carbonyl (C=O) groups is 3. The van der Waals surface area contributed by atoms with Crippen molar-refractivity contribution in [2.45, 2.75) is 68.4 Å². The van der Waals surface area contributed by atoms with Gasteiger partial charge in [-0.2, -0.15) is 0 Å². The van der Waals surface area contributed by atoms with Crippen molar-refractivity contribution in [3.63, 3.8) is 0 Å². The minimum Gasteiger partial charge on any atom is -0.461 e. The maximum absolute atomic E-state index is 13.2. The molecule has 0 atom stereocenters. The number of ketones is 1. The summed E-state index contributed by atoms with van der Waals surface area (Å²) in [6.07, 6.45) is 0.841. The van der Waals surface area contributed by atoms with E-state index in [-0.39, 0.29) is 30.8 Å². The lowest BCUT2D eigenvalue weighted by molar-refractivity contribution is -0.134. The Kier molecular flexibility index (Phi) is 8.92. The molecule has 1 heterocycles. The first-order valence-corrected chi connectivity index (χ1v) is 10.2. The molecule has 0 aliphatic heterocycles. The van der Waals surface area contributed by atoms with Gasteiger partial charge in [-0.05, 0) is 45.6 Å². The third-order valence-corrected chi connectivity index (χ3v) is 4.95. The number of ether oxygens (including phenoxy) is 1. The van der Waals surface area contributed by atoms with Crippen molar-refractivity contribution >= 4 is 17.7 Å². The number of hydrogen-bond donors (Lipinski definition) is 0. The van der Waals surface area contributed by atoms with Crippen LogP contribution in [0.4, 0.5) is 0 Å². The molecule has 0 spiro atoms. The minimum absolute atomic E-state index is 0.0233. The first-order valence-electron chi connectivity index (χ1n) is 10.2. The molecule has 158 valence electrons. The van der Waals surface area contributed by atoms with E-state index in [0.29, 0.717) is 35.8 Å². The number of aromatic nitrogens is 1. The van der Waals surface area contributed by atoms with Crippen LogP contribution in [0.2, 0.25) is 0 Å². The molecule has 0 saturated heterocycles. The van der Waals surface area contributed by atoms with Crippen LogP contribution in [0, 0.1) is 25.7 Å². The van der Waals surface area contributed by atoms with Crippen molar-refractivity contribution in [3.05, 3.63) is 22.5 Å². The molecule has 0 bridgehead atoms. The highest BCUT2D eigenvalue weighted by Crippen LogP contribution is 2.24. The highest BCUT2D eigenvalue weighted by Gasteiger charge is 2.28. The quantitative estimate of drug-likeness (QED) is 0.445. The van der Waals surface area contributed by atoms with Crippen molar-refractivity contribution in [2.75, 3.05) is 19.7 Å². The topological polar surface area (TPSA) is 68.6 Å². The summed E-state index contributed by atoms with van der Waals surface area (Å²) in [5, 5.41) is 0. The van der Waals surface area contributed by atoms with Crippen molar-refractivity contribution < 1.29 is 19.1 Å². The molecule has 28 heavy (non-hydrogen) atoms. The summed E-state index contributed by atoms with van der Waals surface area (Å²) in [5.74, 6) is -0.301. The summed E-state index contributed by atoms with van der Waals surface area (Å²) >= 11 is 0. The van der Waals surface area contributed by atoms with Crippen LogP contribution in [0.1, 0.15) is 80.1 Å². The Morgan fingerprint density at radius 3 is 2.14 bits per heavy atom. The molecular formula is C22H36N2O4. The van der Waals surface area contributed by atoms with Crippen molar-refractivity contribution in [2.24, 2.45) is 11.8 Å². The van der Waals surface area contributed by atoms with E-state index in [2.05, 4.69) is 13.8 Å². The second-order valence-electron chi connectivity index (χ2n) is 7.92. The molecule has 0 unspecified atom stereocenters. The van der Waals surface area contributed by atoms with E-state index in [1.165, 1.54) is 0 Å². The molecule has 6 nitrogen and oxygen atoms in total. The Bertz CT molecular complexity index is 717. The SMILES string of the molecule is CCOC(=O)c1c(C)c(C(=O)CN(CCC(C)C)C(=O)C(C)C)c(C)n1CC. The number of nitrogens with zero attached hydrogens (tertiary/aromatic N) is 2. The highest BCUT2D eigenvalue weighted by molar-refractivity contribution is 6.04. The molecular weight excluding hydrogens is 356 g/mol. The minimum atomic E-state index is -0.418. The van der Waals surface area contributed by atoms with Crippen LogP contribution in [0.5, 0.6) is 0 Å². The van der Waals surface area contributed by atoms with E-state index >= 15 is 0 Å². The van der Waals surface area contributed by atoms with Crippen LogP contribution in [-0.2, 0) is 16.1 Å². The van der Waals surface area contributed by atoms with Gasteiger partial charge in [0.1, 0.15) is 5.69 Å². The van der Waals surface area contributed by atoms with Gasteiger partial charge in [0.15, 0.2) is 5.78 Å². The van der Waals surface area contributed by atoms with Crippen LogP contribution in [0.25, 0.3) is 0 Å². The number of hydrogen-bond acceptors (Lipinski definition) is 4. The second kappa shape index (κ2) is 10.4. The molecule has 6 heteroatoms. The Hall–Kier alpha value is -2.11. The standard InChI is InChI=1S/C22H36N2O4/c1-9-24-17(8)19(16(7)20(24)22(27)28-10-2)18(25)13-23(12-11-14(3)4)21(26)15(5)6/h14-15H,9-13H2,1-8H3. The predicted molar refractivity (Wildman–Crippen MR) is 111 cm³/mol. The largest absolute Gasteiger partial charge is 0.461 e. The molecule has 0 aliphatic rings. The van der Waals surface area contributed by atoms with Crippen LogP contribution >= 0.6 is 0 Å². The number of rotatable bonds is 10. The van der Waals surface area contributed by atoms with Crippen molar-refractivity contribution in [1.82, 2.24) is 9.47 Å². The van der Waals surface area contributed by atoms with E-state index in [9.17, 15) is 14.4 Å². The van der Waals surface area contributed by atoms with Crippen LogP contribution in [0.3, 0.4) is 0 Å². The lowest BCUT2D eigenvalue weighted by Gasteiger charge is -2.25. The Morgan fingerprint density at radius 1 is 1.07 bits per heavy atom. The van der Waals surface area contributed by atoms with Gasteiger partial charge in [0.25, 0.3) is 0 Å². The van der Waals surface area contributed by atoms with Crippen molar-refractivity contribution in [1.29, 1.82) is 0 Å². The summed E-state index contributed by atoms with van der Waals surface area (Å²) in [6, 6.07) is 0. The molecule has 0 aromatic carbocycles. The number of esters is 1. The van der Waals surface area contributed by atoms with E-state index in [0.717, 1.165) is 12.1 Å². The lowest BCUT2D eigenvalue weighted by Crippen LogP contribution is -2.39. The maximum atomic E-state index is 13.2. The average molecular weight is 393 g/mol. The summed E-state index contributed by atoms with van der Waals surface area (Å²) in [7, 11) is 0. The van der Waals surface area contributed by atoms with Gasteiger partial charge in [-0.25, -0.2) is 4.79 Å².